The van der Waals surface area contributed by atoms with Crippen molar-refractivity contribution in [1.29, 1.82) is 0 Å². The third-order valence-electron chi connectivity index (χ3n) is 5.80. The molecule has 0 spiro atoms. The van der Waals surface area contributed by atoms with E-state index >= 15 is 0 Å². The zero-order valence-corrected chi connectivity index (χ0v) is 18.9. The lowest BCUT2D eigenvalue weighted by molar-refractivity contribution is 0.0811. The van der Waals surface area contributed by atoms with E-state index in [0.29, 0.717) is 43.0 Å². The fourth-order valence-electron chi connectivity index (χ4n) is 3.89. The molecule has 7 heteroatoms. The van der Waals surface area contributed by atoms with Gasteiger partial charge in [-0.2, -0.15) is 0 Å². The minimum Gasteiger partial charge on any atom is -0.489 e. The Morgan fingerprint density at radius 1 is 0.941 bits per heavy atom. The number of hydrogen-bond acceptors (Lipinski definition) is 4. The van der Waals surface area contributed by atoms with E-state index in [9.17, 15) is 14.7 Å². The topological polar surface area (TPSA) is 90.9 Å². The predicted octanol–water partition coefficient (Wildman–Crippen LogP) is 4.05. The van der Waals surface area contributed by atoms with Gasteiger partial charge in [-0.15, -0.1) is 0 Å². The summed E-state index contributed by atoms with van der Waals surface area (Å²) in [5.41, 5.74) is 2.23. The van der Waals surface area contributed by atoms with Gasteiger partial charge < -0.3 is 25.4 Å². The number of aliphatic hydroxyl groups is 1. The molecule has 0 aliphatic carbocycles. The van der Waals surface area contributed by atoms with Gasteiger partial charge in [0.2, 0.25) is 0 Å². The van der Waals surface area contributed by atoms with E-state index in [2.05, 4.69) is 10.6 Å². The molecule has 3 N–H and O–H groups in total. The molecule has 2 atom stereocenters. The van der Waals surface area contributed by atoms with Gasteiger partial charge in [-0.25, -0.2) is 4.79 Å². The predicted molar refractivity (Wildman–Crippen MR) is 131 cm³/mol. The number of nitrogens with zero attached hydrogens (tertiary/aromatic N) is 1. The second-order valence-electron chi connectivity index (χ2n) is 8.33. The number of hydrogen-bond donors (Lipinski definition) is 3. The maximum Gasteiger partial charge on any atom is 0.321 e. The molecule has 1 saturated heterocycles. The summed E-state index contributed by atoms with van der Waals surface area (Å²) >= 11 is 0. The Kier molecular flexibility index (Phi) is 7.78. The fraction of sp³-hybridized carbons (Fsp3) is 0.259. The second kappa shape index (κ2) is 11.3. The number of nitrogens with one attached hydrogen (secondary N) is 2. The maximum absolute atomic E-state index is 12.8. The van der Waals surface area contributed by atoms with Crippen LogP contribution in [0.3, 0.4) is 0 Å². The molecule has 1 aliphatic heterocycles. The van der Waals surface area contributed by atoms with Gasteiger partial charge >= 0.3 is 6.03 Å². The van der Waals surface area contributed by atoms with Gasteiger partial charge in [0, 0.05) is 24.3 Å². The van der Waals surface area contributed by atoms with Crippen LogP contribution >= 0.6 is 0 Å². The highest BCUT2D eigenvalue weighted by Gasteiger charge is 2.29. The van der Waals surface area contributed by atoms with E-state index in [1.807, 2.05) is 60.7 Å². The average Bonchev–Trinajstić information content (AvgIpc) is 3.05. The maximum atomic E-state index is 12.8. The quantitative estimate of drug-likeness (QED) is 0.519. The van der Waals surface area contributed by atoms with Crippen molar-refractivity contribution in [3.63, 3.8) is 0 Å². The number of amides is 3. The van der Waals surface area contributed by atoms with Crippen molar-refractivity contribution in [1.82, 2.24) is 10.2 Å². The number of urea groups is 1. The van der Waals surface area contributed by atoms with E-state index in [-0.39, 0.29) is 18.5 Å². The molecular weight excluding hydrogens is 430 g/mol. The molecule has 1 aliphatic rings. The van der Waals surface area contributed by atoms with Crippen molar-refractivity contribution in [3.05, 3.63) is 96.1 Å². The summed E-state index contributed by atoms with van der Waals surface area (Å²) in [6.45, 7) is 1.18. The summed E-state index contributed by atoms with van der Waals surface area (Å²) in [6, 6.07) is 25.1. The molecule has 0 radical (unpaired) electrons. The summed E-state index contributed by atoms with van der Waals surface area (Å²) in [7, 11) is 0. The van der Waals surface area contributed by atoms with Gasteiger partial charge in [0.15, 0.2) is 0 Å². The highest BCUT2D eigenvalue weighted by atomic mass is 16.5. The zero-order valence-electron chi connectivity index (χ0n) is 18.9. The van der Waals surface area contributed by atoms with Crippen LogP contribution in [0.1, 0.15) is 28.8 Å². The Labute approximate surface area is 199 Å². The van der Waals surface area contributed by atoms with Gasteiger partial charge in [0.05, 0.1) is 12.1 Å². The lowest BCUT2D eigenvalue weighted by Gasteiger charge is -2.27. The second-order valence-corrected chi connectivity index (χ2v) is 8.33. The third kappa shape index (κ3) is 6.36. The third-order valence-corrected chi connectivity index (χ3v) is 5.80. The van der Waals surface area contributed by atoms with E-state index in [1.165, 1.54) is 0 Å². The van der Waals surface area contributed by atoms with Crippen LogP contribution in [-0.4, -0.2) is 47.2 Å². The van der Waals surface area contributed by atoms with E-state index in [1.54, 1.807) is 29.2 Å². The van der Waals surface area contributed by atoms with Gasteiger partial charge in [-0.1, -0.05) is 48.5 Å². The molecule has 7 nitrogen and oxygen atoms in total. The van der Waals surface area contributed by atoms with Crippen LogP contribution in [-0.2, 0) is 6.61 Å². The Bertz CT molecular complexity index is 1070. The SMILES string of the molecule is O=C(NC1CN(C(=O)Nc2ccccc2)CCCC1O)c1ccc(OCc2ccccc2)cc1. The smallest absolute Gasteiger partial charge is 0.321 e. The molecule has 4 rings (SSSR count). The number of rotatable bonds is 6. The number of aliphatic hydroxyl groups excluding tert-OH is 1. The lowest BCUT2D eigenvalue weighted by Crippen LogP contribution is -2.50. The van der Waals surface area contributed by atoms with Crippen LogP contribution in [0.4, 0.5) is 10.5 Å². The number of carbonyl (C=O) groups is 2. The van der Waals surface area contributed by atoms with Crippen LogP contribution in [0.25, 0.3) is 0 Å². The van der Waals surface area contributed by atoms with Crippen molar-refractivity contribution in [3.8, 4) is 5.75 Å². The van der Waals surface area contributed by atoms with Crippen molar-refractivity contribution in [2.45, 2.75) is 31.6 Å². The minimum atomic E-state index is -0.730. The van der Waals surface area contributed by atoms with Crippen molar-refractivity contribution in [2.75, 3.05) is 18.4 Å². The molecule has 34 heavy (non-hydrogen) atoms. The average molecular weight is 460 g/mol. The lowest BCUT2D eigenvalue weighted by atomic mass is 10.1. The van der Waals surface area contributed by atoms with Crippen LogP contribution in [0, 0.1) is 0 Å². The minimum absolute atomic E-state index is 0.226. The number of likely N-dealkylation sites (tertiary alicyclic amines) is 1. The first-order valence-corrected chi connectivity index (χ1v) is 11.5. The molecule has 3 amide bonds. The largest absolute Gasteiger partial charge is 0.489 e. The molecule has 1 heterocycles. The molecule has 1 fully saturated rings. The number of ether oxygens (including phenoxy) is 1. The molecule has 0 saturated carbocycles. The fourth-order valence-corrected chi connectivity index (χ4v) is 3.89. The summed E-state index contributed by atoms with van der Waals surface area (Å²) < 4.78 is 5.78. The van der Waals surface area contributed by atoms with Crippen LogP contribution in [0.2, 0.25) is 0 Å². The molecule has 3 aromatic carbocycles. The van der Waals surface area contributed by atoms with E-state index < -0.39 is 12.1 Å². The van der Waals surface area contributed by atoms with Crippen LogP contribution in [0.5, 0.6) is 5.75 Å². The summed E-state index contributed by atoms with van der Waals surface area (Å²) in [6.07, 6.45) is 0.433. The van der Waals surface area contributed by atoms with Crippen LogP contribution in [0.15, 0.2) is 84.9 Å². The van der Waals surface area contributed by atoms with E-state index in [0.717, 1.165) is 5.56 Å². The molecule has 0 aromatic heterocycles. The summed E-state index contributed by atoms with van der Waals surface area (Å²) in [4.78, 5) is 27.2. The Hall–Kier alpha value is -3.84. The zero-order chi connectivity index (χ0) is 23.8. The standard InChI is InChI=1S/C27H29N3O4/c31-25-12-7-17-30(27(33)28-22-10-5-2-6-11-22)18-24(25)29-26(32)21-13-15-23(16-14-21)34-19-20-8-3-1-4-9-20/h1-6,8-11,13-16,24-25,31H,7,12,17-19H2,(H,28,33)(H,29,32). The Morgan fingerprint density at radius 3 is 2.32 bits per heavy atom. The Morgan fingerprint density at radius 2 is 1.62 bits per heavy atom. The molecule has 2 unspecified atom stereocenters. The van der Waals surface area contributed by atoms with Crippen molar-refractivity contribution in [2.24, 2.45) is 0 Å². The van der Waals surface area contributed by atoms with Gasteiger partial charge in [0.1, 0.15) is 12.4 Å². The first-order valence-electron chi connectivity index (χ1n) is 11.5. The number of carbonyl (C=O) groups excluding carboxylic acids is 2. The highest BCUT2D eigenvalue weighted by Crippen LogP contribution is 2.17. The van der Waals surface area contributed by atoms with Crippen molar-refractivity contribution >= 4 is 17.6 Å². The van der Waals surface area contributed by atoms with E-state index in [4.69, 9.17) is 4.74 Å². The van der Waals surface area contributed by atoms with Gasteiger partial charge in [-0.3, -0.25) is 4.79 Å². The highest BCUT2D eigenvalue weighted by molar-refractivity contribution is 5.94. The normalized spacial score (nSPS) is 18.0. The Balaban J connectivity index is 1.34. The number of para-hydroxylation sites is 1. The monoisotopic (exact) mass is 459 g/mol. The van der Waals surface area contributed by atoms with Gasteiger partial charge in [-0.05, 0) is 54.8 Å². The number of anilines is 1. The van der Waals surface area contributed by atoms with Gasteiger partial charge in [0.25, 0.3) is 5.91 Å². The first kappa shape index (κ1) is 23.3. The molecular formula is C27H29N3O4. The first-order chi connectivity index (χ1) is 16.6. The molecule has 3 aromatic rings. The van der Waals surface area contributed by atoms with Crippen LogP contribution < -0.4 is 15.4 Å². The molecule has 176 valence electrons. The summed E-state index contributed by atoms with van der Waals surface area (Å²) in [5, 5.41) is 16.3. The summed E-state index contributed by atoms with van der Waals surface area (Å²) in [5.74, 6) is 0.364. The number of benzene rings is 3. The molecule has 0 bridgehead atoms. The van der Waals surface area contributed by atoms with Crippen molar-refractivity contribution < 1.29 is 19.4 Å².